The Kier molecular flexibility index (Phi) is 13.2. The molecular weight excluding hydrogens is 644 g/mol. The number of carbonyl (C=O) groups is 2. The molecule has 0 atom stereocenters. The van der Waals surface area contributed by atoms with Crippen LogP contribution in [0.1, 0.15) is 45.6 Å². The third-order valence-electron chi connectivity index (χ3n) is 7.85. The molecule has 1 aliphatic rings. The van der Waals surface area contributed by atoms with Crippen molar-refractivity contribution in [1.29, 1.82) is 0 Å². The largest absolute Gasteiger partial charge is 0.460 e. The Balaban J connectivity index is 1.26. The third kappa shape index (κ3) is 9.90. The highest BCUT2D eigenvalue weighted by molar-refractivity contribution is 7.13. The molecule has 0 aliphatic carbocycles. The Morgan fingerprint density at radius 1 is 1.09 bits per heavy atom. The number of anilines is 2. The van der Waals surface area contributed by atoms with Crippen molar-refractivity contribution in [2.75, 3.05) is 62.8 Å². The van der Waals surface area contributed by atoms with Crippen LogP contribution in [0.2, 0.25) is 17.1 Å². The second-order valence-corrected chi connectivity index (χ2v) is 16.3. The van der Waals surface area contributed by atoms with Gasteiger partial charge in [-0.25, -0.2) is 19.7 Å². The van der Waals surface area contributed by atoms with Crippen LogP contribution in [0.5, 0.6) is 0 Å². The van der Waals surface area contributed by atoms with Crippen molar-refractivity contribution in [3.05, 3.63) is 75.1 Å². The number of aryl methyl sites for hydroxylation is 2. The maximum Gasteiger partial charge on any atom is 0.337 e. The van der Waals surface area contributed by atoms with E-state index in [0.717, 1.165) is 73.0 Å². The van der Waals surface area contributed by atoms with Crippen LogP contribution in [0.4, 0.5) is 11.5 Å². The van der Waals surface area contributed by atoms with Gasteiger partial charge < -0.3 is 23.8 Å². The van der Waals surface area contributed by atoms with Gasteiger partial charge in [0.1, 0.15) is 23.1 Å². The molecule has 4 rings (SSSR count). The van der Waals surface area contributed by atoms with Crippen LogP contribution in [0.3, 0.4) is 0 Å². The van der Waals surface area contributed by atoms with Crippen molar-refractivity contribution in [3.8, 4) is 0 Å². The lowest BCUT2D eigenvalue weighted by Crippen LogP contribution is -2.49. The van der Waals surface area contributed by atoms with Crippen LogP contribution in [-0.2, 0) is 24.8 Å². The molecule has 3 heterocycles. The number of nitrogens with one attached hydrogen (secondary N) is 1. The van der Waals surface area contributed by atoms with E-state index < -0.39 is 14.5 Å². The quantitative estimate of drug-likeness (QED) is 0.0907. The van der Waals surface area contributed by atoms with E-state index in [9.17, 15) is 9.59 Å². The molecule has 1 aromatic carbocycles. The van der Waals surface area contributed by atoms with Gasteiger partial charge in [-0.2, -0.15) is 0 Å². The number of ether oxygens (including phenoxy) is 1. The molecule has 14 heteroatoms. The number of hydrogen-bond donors (Lipinski definition) is 1. The molecule has 46 heavy (non-hydrogen) atoms. The summed E-state index contributed by atoms with van der Waals surface area (Å²) in [5.74, 6) is 0.916. The van der Waals surface area contributed by atoms with Crippen LogP contribution < -0.4 is 10.2 Å². The third-order valence-corrected chi connectivity index (χ3v) is 12.8. The van der Waals surface area contributed by atoms with Gasteiger partial charge in [0.25, 0.3) is 5.91 Å². The highest BCUT2D eigenvalue weighted by atomic mass is 35.5. The van der Waals surface area contributed by atoms with Crippen molar-refractivity contribution >= 4 is 54.9 Å². The zero-order valence-corrected chi connectivity index (χ0v) is 29.6. The summed E-state index contributed by atoms with van der Waals surface area (Å²) >= 11 is 7.63. The first-order valence-corrected chi connectivity index (χ1v) is 19.0. The van der Waals surface area contributed by atoms with Crippen molar-refractivity contribution in [1.82, 2.24) is 19.9 Å². The maximum atomic E-state index is 12.9. The first-order valence-electron chi connectivity index (χ1n) is 15.6. The van der Waals surface area contributed by atoms with Crippen molar-refractivity contribution in [2.45, 2.75) is 46.2 Å². The molecule has 2 aromatic heterocycles. The van der Waals surface area contributed by atoms with E-state index in [4.69, 9.17) is 30.2 Å². The van der Waals surface area contributed by atoms with Gasteiger partial charge in [-0.3, -0.25) is 9.69 Å². The lowest BCUT2D eigenvalue weighted by Gasteiger charge is -2.36. The summed E-state index contributed by atoms with van der Waals surface area (Å²) in [6, 6.07) is 9.20. The number of piperazine rings is 1. The van der Waals surface area contributed by atoms with E-state index in [2.05, 4.69) is 45.5 Å². The predicted molar refractivity (Wildman–Crippen MR) is 184 cm³/mol. The van der Waals surface area contributed by atoms with Crippen molar-refractivity contribution in [2.24, 2.45) is 0 Å². The minimum atomic E-state index is -2.35. The Bertz CT molecular complexity index is 1480. The normalized spacial score (nSPS) is 13.9. The number of carbonyl (C=O) groups excluding carboxylic acids is 2. The summed E-state index contributed by atoms with van der Waals surface area (Å²) in [6.07, 6.45) is 3.26. The van der Waals surface area contributed by atoms with E-state index in [1.54, 1.807) is 12.3 Å². The fraction of sp³-hybridized carbons (Fsp3) is 0.469. The SMILES string of the molecule is C=CC(=O)OCCO[Si](CC)(CC)OCCN1CCN(c2cc(Cc3ncc(C(=O)Nc4c(C)cccc4Cl)s3)nc(C)n2)CC1. The Morgan fingerprint density at radius 3 is 2.52 bits per heavy atom. The molecule has 1 aliphatic heterocycles. The number of halogens is 1. The summed E-state index contributed by atoms with van der Waals surface area (Å²) in [7, 11) is -2.35. The number of nitrogens with zero attached hydrogens (tertiary/aromatic N) is 5. The van der Waals surface area contributed by atoms with Gasteiger partial charge in [0.15, 0.2) is 0 Å². The number of aromatic nitrogens is 3. The number of para-hydroxylation sites is 1. The number of rotatable bonds is 16. The molecule has 1 N–H and O–H groups in total. The standard InChI is InChI=1S/C32H43ClN6O5SSi/c1-6-30(40)42-18-19-44-46(7-2,8-3)43-17-16-38-12-14-39(15-13-38)28-20-25(35-24(5)36-28)21-29-34-22-27(45-29)32(41)37-31-23(4)10-9-11-26(31)33/h6,9-11,20,22H,1,7-8,12-19,21H2,2-5H3,(H,37,41). The second-order valence-electron chi connectivity index (χ2n) is 11.0. The van der Waals surface area contributed by atoms with E-state index in [1.165, 1.54) is 11.3 Å². The van der Waals surface area contributed by atoms with Gasteiger partial charge in [0, 0.05) is 57.9 Å². The maximum absolute atomic E-state index is 12.9. The molecule has 0 bridgehead atoms. The number of esters is 1. The van der Waals surface area contributed by atoms with Crippen LogP contribution in [-0.4, -0.2) is 92.8 Å². The van der Waals surface area contributed by atoms with Crippen LogP contribution in [0.15, 0.2) is 43.1 Å². The molecule has 0 saturated carbocycles. The molecule has 1 amide bonds. The van der Waals surface area contributed by atoms with Gasteiger partial charge in [0.05, 0.1) is 34.2 Å². The molecule has 248 valence electrons. The number of thiazole rings is 1. The second kappa shape index (κ2) is 17.1. The number of benzene rings is 1. The van der Waals surface area contributed by atoms with E-state index in [1.807, 2.05) is 32.0 Å². The van der Waals surface area contributed by atoms with E-state index in [-0.39, 0.29) is 12.5 Å². The number of amides is 1. The van der Waals surface area contributed by atoms with Crippen LogP contribution >= 0.6 is 22.9 Å². The molecule has 0 unspecified atom stereocenters. The minimum Gasteiger partial charge on any atom is -0.460 e. The zero-order chi connectivity index (χ0) is 33.1. The lowest BCUT2D eigenvalue weighted by atomic mass is 10.2. The van der Waals surface area contributed by atoms with E-state index in [0.29, 0.717) is 41.0 Å². The molecule has 1 fully saturated rings. The Morgan fingerprint density at radius 2 is 1.83 bits per heavy atom. The predicted octanol–water partition coefficient (Wildman–Crippen LogP) is 5.41. The minimum absolute atomic E-state index is 0.196. The smallest absolute Gasteiger partial charge is 0.337 e. The summed E-state index contributed by atoms with van der Waals surface area (Å²) in [6.45, 7) is 16.8. The first kappa shape index (κ1) is 35.6. The average Bonchev–Trinajstić information content (AvgIpc) is 3.52. The first-order chi connectivity index (χ1) is 22.1. The van der Waals surface area contributed by atoms with Crippen LogP contribution in [0, 0.1) is 13.8 Å². The van der Waals surface area contributed by atoms with Gasteiger partial charge in [0.2, 0.25) is 0 Å². The topological polar surface area (TPSA) is 119 Å². The zero-order valence-electron chi connectivity index (χ0n) is 27.0. The van der Waals surface area contributed by atoms with Crippen molar-refractivity contribution < 1.29 is 23.2 Å². The fourth-order valence-corrected chi connectivity index (χ4v) is 8.59. The number of hydrogen-bond acceptors (Lipinski definition) is 11. The van der Waals surface area contributed by atoms with Gasteiger partial charge in [-0.1, -0.05) is 44.2 Å². The molecule has 1 saturated heterocycles. The van der Waals surface area contributed by atoms with Gasteiger partial charge in [-0.05, 0) is 37.6 Å². The highest BCUT2D eigenvalue weighted by Gasteiger charge is 2.34. The van der Waals surface area contributed by atoms with E-state index >= 15 is 0 Å². The van der Waals surface area contributed by atoms with Crippen molar-refractivity contribution in [3.63, 3.8) is 0 Å². The average molecular weight is 687 g/mol. The summed E-state index contributed by atoms with van der Waals surface area (Å²) < 4.78 is 17.5. The van der Waals surface area contributed by atoms with Crippen LogP contribution in [0.25, 0.3) is 0 Å². The lowest BCUT2D eigenvalue weighted by molar-refractivity contribution is -0.138. The summed E-state index contributed by atoms with van der Waals surface area (Å²) in [4.78, 5) is 43.2. The molecular formula is C32H43ClN6O5SSi. The Hall–Kier alpha value is -3.20. The molecule has 0 spiro atoms. The van der Waals surface area contributed by atoms with Gasteiger partial charge in [-0.15, -0.1) is 11.3 Å². The molecule has 0 radical (unpaired) electrons. The Labute approximate surface area is 281 Å². The highest BCUT2D eigenvalue weighted by Crippen LogP contribution is 2.27. The molecule has 3 aromatic rings. The van der Waals surface area contributed by atoms with Gasteiger partial charge >= 0.3 is 14.5 Å². The fourth-order valence-electron chi connectivity index (χ4n) is 5.17. The molecule has 11 nitrogen and oxygen atoms in total. The monoisotopic (exact) mass is 686 g/mol. The summed E-state index contributed by atoms with van der Waals surface area (Å²) in [5, 5.41) is 4.21. The summed E-state index contributed by atoms with van der Waals surface area (Å²) in [5.41, 5.74) is 2.37.